The van der Waals surface area contributed by atoms with Crippen LogP contribution in [0.4, 0.5) is 10.7 Å². The van der Waals surface area contributed by atoms with Gasteiger partial charge in [-0.05, 0) is 73.9 Å². The van der Waals surface area contributed by atoms with E-state index in [-0.39, 0.29) is 11.3 Å². The lowest BCUT2D eigenvalue weighted by Gasteiger charge is -2.29. The molecule has 2 amide bonds. The standard InChI is InChI=1S/C24H24N6O3S/c31-22-21(34-24(32)30-22)13-17-10-11-25-23(29-17)28-16-8-6-15(7-9-16)26-14-18-3-1-4-19(27-18)20-5-2-12-33-20/h1-5,10-13,15-16,26H,6-9,14H2,(H,25,28,29)(H,30,31,32)/b21-13-. The summed E-state index contributed by atoms with van der Waals surface area (Å²) in [4.78, 5) is 36.9. The van der Waals surface area contributed by atoms with Gasteiger partial charge in [0, 0.05) is 24.8 Å². The van der Waals surface area contributed by atoms with Crippen LogP contribution in [0.25, 0.3) is 17.5 Å². The summed E-state index contributed by atoms with van der Waals surface area (Å²) in [5.41, 5.74) is 2.42. The van der Waals surface area contributed by atoms with Crippen molar-refractivity contribution in [3.63, 3.8) is 0 Å². The molecule has 174 valence electrons. The Bertz CT molecular complexity index is 1200. The molecule has 3 aromatic heterocycles. The van der Waals surface area contributed by atoms with Gasteiger partial charge < -0.3 is 15.1 Å². The van der Waals surface area contributed by atoms with E-state index in [2.05, 4.69) is 30.9 Å². The maximum atomic E-state index is 11.7. The molecule has 0 bridgehead atoms. The average molecular weight is 477 g/mol. The quantitative estimate of drug-likeness (QED) is 0.435. The van der Waals surface area contributed by atoms with Crippen molar-refractivity contribution in [2.45, 2.75) is 44.3 Å². The van der Waals surface area contributed by atoms with Crippen molar-refractivity contribution in [1.29, 1.82) is 0 Å². The highest BCUT2D eigenvalue weighted by molar-refractivity contribution is 8.18. The third kappa shape index (κ3) is 5.52. The van der Waals surface area contributed by atoms with Crippen LogP contribution in [-0.4, -0.2) is 38.2 Å². The monoisotopic (exact) mass is 476 g/mol. The molecular formula is C24H24N6O3S. The summed E-state index contributed by atoms with van der Waals surface area (Å²) in [6.45, 7) is 0.714. The maximum Gasteiger partial charge on any atom is 0.290 e. The summed E-state index contributed by atoms with van der Waals surface area (Å²) in [6, 6.07) is 12.2. The molecule has 1 aliphatic heterocycles. The molecule has 0 spiro atoms. The third-order valence-electron chi connectivity index (χ3n) is 5.81. The van der Waals surface area contributed by atoms with Gasteiger partial charge in [0.15, 0.2) is 5.76 Å². The number of furan rings is 1. The minimum atomic E-state index is -0.392. The average Bonchev–Trinajstić information content (AvgIpc) is 3.49. The number of thioether (sulfide) groups is 1. The van der Waals surface area contributed by atoms with Crippen LogP contribution in [0.2, 0.25) is 0 Å². The molecule has 2 aliphatic rings. The topological polar surface area (TPSA) is 122 Å². The number of hydrogen-bond acceptors (Lipinski definition) is 9. The van der Waals surface area contributed by atoms with Gasteiger partial charge in [0.2, 0.25) is 5.95 Å². The Kier molecular flexibility index (Phi) is 6.68. The second-order valence-electron chi connectivity index (χ2n) is 8.22. The fourth-order valence-corrected chi connectivity index (χ4v) is 4.76. The van der Waals surface area contributed by atoms with Crippen molar-refractivity contribution in [2.75, 3.05) is 5.32 Å². The van der Waals surface area contributed by atoms with Gasteiger partial charge >= 0.3 is 0 Å². The first kappa shape index (κ1) is 22.3. The molecule has 1 saturated heterocycles. The number of anilines is 1. The van der Waals surface area contributed by atoms with Gasteiger partial charge in [0.05, 0.1) is 22.6 Å². The SMILES string of the molecule is O=C1NC(=O)/C(=C/c2ccnc(NC3CCC(NCc4cccc(-c5ccco5)n4)CC3)n2)S1. The molecule has 2 fully saturated rings. The molecule has 0 unspecified atom stereocenters. The van der Waals surface area contributed by atoms with E-state index in [0.717, 1.165) is 54.6 Å². The second kappa shape index (κ2) is 10.2. The Morgan fingerprint density at radius 2 is 1.91 bits per heavy atom. The van der Waals surface area contributed by atoms with Crippen LogP contribution in [0.1, 0.15) is 37.1 Å². The molecule has 1 aliphatic carbocycles. The van der Waals surface area contributed by atoms with Gasteiger partial charge in [-0.2, -0.15) is 0 Å². The Balaban J connectivity index is 1.11. The molecule has 0 atom stereocenters. The lowest BCUT2D eigenvalue weighted by Crippen LogP contribution is -2.37. The first-order valence-electron chi connectivity index (χ1n) is 11.2. The molecule has 10 heteroatoms. The second-order valence-corrected chi connectivity index (χ2v) is 9.24. The predicted molar refractivity (Wildman–Crippen MR) is 130 cm³/mol. The number of imide groups is 1. The van der Waals surface area contributed by atoms with Gasteiger partial charge in [0.1, 0.15) is 5.69 Å². The van der Waals surface area contributed by atoms with E-state index in [4.69, 9.17) is 4.42 Å². The van der Waals surface area contributed by atoms with Gasteiger partial charge in [-0.1, -0.05) is 6.07 Å². The molecule has 4 heterocycles. The van der Waals surface area contributed by atoms with Crippen LogP contribution < -0.4 is 16.0 Å². The zero-order valence-electron chi connectivity index (χ0n) is 18.4. The van der Waals surface area contributed by atoms with E-state index in [1.807, 2.05) is 30.3 Å². The highest BCUT2D eigenvalue weighted by Crippen LogP contribution is 2.26. The normalized spacial score (nSPS) is 21.6. The van der Waals surface area contributed by atoms with Crippen LogP contribution in [0, 0.1) is 0 Å². The highest BCUT2D eigenvalue weighted by Gasteiger charge is 2.25. The molecule has 9 nitrogen and oxygen atoms in total. The third-order valence-corrected chi connectivity index (χ3v) is 6.62. The van der Waals surface area contributed by atoms with E-state index in [0.29, 0.717) is 29.1 Å². The largest absolute Gasteiger partial charge is 0.463 e. The number of carbonyl (C=O) groups excluding carboxylic acids is 2. The number of amides is 2. The number of hydrogen-bond donors (Lipinski definition) is 3. The Morgan fingerprint density at radius 3 is 2.68 bits per heavy atom. The van der Waals surface area contributed by atoms with Crippen molar-refractivity contribution in [2.24, 2.45) is 0 Å². The van der Waals surface area contributed by atoms with Gasteiger partial charge in [-0.3, -0.25) is 14.9 Å². The van der Waals surface area contributed by atoms with Crippen LogP contribution in [0.3, 0.4) is 0 Å². The number of carbonyl (C=O) groups is 2. The molecule has 1 saturated carbocycles. The van der Waals surface area contributed by atoms with Gasteiger partial charge in [-0.25, -0.2) is 15.0 Å². The lowest BCUT2D eigenvalue weighted by atomic mass is 9.91. The Hall–Kier alpha value is -3.50. The van der Waals surface area contributed by atoms with Crippen molar-refractivity contribution in [3.05, 3.63) is 65.2 Å². The number of nitrogens with zero attached hydrogens (tertiary/aromatic N) is 3. The van der Waals surface area contributed by atoms with E-state index in [9.17, 15) is 9.59 Å². The molecule has 34 heavy (non-hydrogen) atoms. The van der Waals surface area contributed by atoms with Crippen molar-refractivity contribution in [1.82, 2.24) is 25.6 Å². The van der Waals surface area contributed by atoms with Crippen molar-refractivity contribution < 1.29 is 14.0 Å². The summed E-state index contributed by atoms with van der Waals surface area (Å²) >= 11 is 0.878. The zero-order chi connectivity index (χ0) is 23.3. The lowest BCUT2D eigenvalue weighted by molar-refractivity contribution is -0.115. The van der Waals surface area contributed by atoms with E-state index < -0.39 is 5.91 Å². The summed E-state index contributed by atoms with van der Waals surface area (Å²) in [6.07, 6.45) is 8.99. The molecule has 3 N–H and O–H groups in total. The Labute approximate surface area is 200 Å². The number of rotatable bonds is 7. The smallest absolute Gasteiger partial charge is 0.290 e. The number of pyridine rings is 1. The highest BCUT2D eigenvalue weighted by atomic mass is 32.2. The summed E-state index contributed by atoms with van der Waals surface area (Å²) < 4.78 is 5.44. The number of aromatic nitrogens is 3. The van der Waals surface area contributed by atoms with Crippen molar-refractivity contribution >= 4 is 34.9 Å². The predicted octanol–water partition coefficient (Wildman–Crippen LogP) is 3.97. The van der Waals surface area contributed by atoms with Crippen LogP contribution in [0.5, 0.6) is 0 Å². The summed E-state index contributed by atoms with van der Waals surface area (Å²) in [5.74, 6) is 0.908. The van der Waals surface area contributed by atoms with Crippen LogP contribution in [-0.2, 0) is 11.3 Å². The van der Waals surface area contributed by atoms with E-state index in [1.165, 1.54) is 0 Å². The van der Waals surface area contributed by atoms with Crippen molar-refractivity contribution in [3.8, 4) is 11.5 Å². The van der Waals surface area contributed by atoms with Gasteiger partial charge in [0.25, 0.3) is 11.1 Å². The maximum absolute atomic E-state index is 11.7. The molecular weight excluding hydrogens is 452 g/mol. The Morgan fingerprint density at radius 1 is 1.06 bits per heavy atom. The van der Waals surface area contributed by atoms with E-state index in [1.54, 1.807) is 24.6 Å². The van der Waals surface area contributed by atoms with E-state index >= 15 is 0 Å². The summed E-state index contributed by atoms with van der Waals surface area (Å²) in [5, 5.41) is 8.91. The molecule has 5 rings (SSSR count). The minimum absolute atomic E-state index is 0.284. The number of nitrogens with one attached hydrogen (secondary N) is 3. The minimum Gasteiger partial charge on any atom is -0.463 e. The molecule has 0 radical (unpaired) electrons. The molecule has 0 aromatic carbocycles. The first-order valence-corrected chi connectivity index (χ1v) is 12.0. The fourth-order valence-electron chi connectivity index (χ4n) is 4.09. The fraction of sp³-hybridized carbons (Fsp3) is 0.292. The molecule has 3 aromatic rings. The zero-order valence-corrected chi connectivity index (χ0v) is 19.2. The van der Waals surface area contributed by atoms with Crippen LogP contribution >= 0.6 is 11.8 Å². The first-order chi connectivity index (χ1) is 16.6. The summed E-state index contributed by atoms with van der Waals surface area (Å²) in [7, 11) is 0. The van der Waals surface area contributed by atoms with Crippen LogP contribution in [0.15, 0.2) is 58.2 Å². The van der Waals surface area contributed by atoms with Gasteiger partial charge in [-0.15, -0.1) is 0 Å².